The number of nitrogens with zero attached hydrogens (tertiary/aromatic N) is 1. The van der Waals surface area contributed by atoms with Gasteiger partial charge < -0.3 is 5.32 Å². The van der Waals surface area contributed by atoms with E-state index in [2.05, 4.69) is 30.6 Å². The highest BCUT2D eigenvalue weighted by Crippen LogP contribution is 2.07. The Balaban J connectivity index is 2.38. The molecule has 1 aliphatic rings. The lowest BCUT2D eigenvalue weighted by atomic mass is 10.1. The molecule has 3 heteroatoms. The molecular formula is C9H17ClN2. The van der Waals surface area contributed by atoms with Gasteiger partial charge in [-0.2, -0.15) is 0 Å². The van der Waals surface area contributed by atoms with Gasteiger partial charge in [0, 0.05) is 36.8 Å². The summed E-state index contributed by atoms with van der Waals surface area (Å²) in [6.07, 6.45) is 0. The molecule has 0 bridgehead atoms. The second-order valence-corrected chi connectivity index (χ2v) is 4.21. The summed E-state index contributed by atoms with van der Waals surface area (Å²) in [4.78, 5) is 2.33. The van der Waals surface area contributed by atoms with Crippen LogP contribution in [0, 0.1) is 0 Å². The van der Waals surface area contributed by atoms with E-state index in [0.29, 0.717) is 12.1 Å². The molecule has 1 saturated heterocycles. The number of halogens is 1. The second kappa shape index (κ2) is 4.26. The standard InChI is InChI=1S/C9H17ClN2/c1-7(10)4-12-5-8(2)11-9(3)6-12/h8-9,11H,1,4-6H2,2-3H3. The number of rotatable bonds is 2. The van der Waals surface area contributed by atoms with Crippen LogP contribution in [-0.2, 0) is 0 Å². The molecule has 70 valence electrons. The average molecular weight is 189 g/mol. The molecule has 0 amide bonds. The van der Waals surface area contributed by atoms with Crippen LogP contribution in [0.2, 0.25) is 0 Å². The summed E-state index contributed by atoms with van der Waals surface area (Å²) in [6.45, 7) is 11.0. The fourth-order valence-corrected chi connectivity index (χ4v) is 1.98. The highest BCUT2D eigenvalue weighted by Gasteiger charge is 2.20. The first-order chi connectivity index (χ1) is 5.58. The van der Waals surface area contributed by atoms with E-state index in [0.717, 1.165) is 24.7 Å². The molecule has 0 aromatic heterocycles. The summed E-state index contributed by atoms with van der Waals surface area (Å²) in [5.41, 5.74) is 0. The SMILES string of the molecule is C=C(Cl)CN1CC(C)NC(C)C1. The summed E-state index contributed by atoms with van der Waals surface area (Å²) in [5.74, 6) is 0. The van der Waals surface area contributed by atoms with Crippen molar-refractivity contribution in [2.24, 2.45) is 0 Å². The van der Waals surface area contributed by atoms with Crippen LogP contribution in [-0.4, -0.2) is 36.6 Å². The Labute approximate surface area is 79.6 Å². The van der Waals surface area contributed by atoms with Crippen molar-refractivity contribution < 1.29 is 0 Å². The van der Waals surface area contributed by atoms with Crippen molar-refractivity contribution in [2.75, 3.05) is 19.6 Å². The van der Waals surface area contributed by atoms with Gasteiger partial charge in [-0.05, 0) is 13.8 Å². The molecule has 0 spiro atoms. The van der Waals surface area contributed by atoms with Gasteiger partial charge in [-0.25, -0.2) is 0 Å². The zero-order valence-electron chi connectivity index (χ0n) is 7.81. The molecule has 1 rings (SSSR count). The van der Waals surface area contributed by atoms with E-state index in [1.165, 1.54) is 0 Å². The Morgan fingerprint density at radius 2 is 2.00 bits per heavy atom. The highest BCUT2D eigenvalue weighted by atomic mass is 35.5. The van der Waals surface area contributed by atoms with E-state index >= 15 is 0 Å². The summed E-state index contributed by atoms with van der Waals surface area (Å²) in [6, 6.07) is 1.12. The van der Waals surface area contributed by atoms with Crippen LogP contribution in [0.4, 0.5) is 0 Å². The molecule has 1 aliphatic heterocycles. The van der Waals surface area contributed by atoms with Crippen molar-refractivity contribution >= 4 is 11.6 Å². The van der Waals surface area contributed by atoms with Crippen LogP contribution in [0.15, 0.2) is 11.6 Å². The smallest absolute Gasteiger partial charge is 0.0336 e. The predicted molar refractivity (Wildman–Crippen MR) is 53.5 cm³/mol. The van der Waals surface area contributed by atoms with E-state index < -0.39 is 0 Å². The molecule has 1 N–H and O–H groups in total. The molecule has 0 aromatic carbocycles. The Kier molecular flexibility index (Phi) is 3.56. The van der Waals surface area contributed by atoms with Crippen molar-refractivity contribution in [2.45, 2.75) is 25.9 Å². The van der Waals surface area contributed by atoms with Crippen molar-refractivity contribution in [1.82, 2.24) is 10.2 Å². The van der Waals surface area contributed by atoms with Crippen LogP contribution in [0.1, 0.15) is 13.8 Å². The van der Waals surface area contributed by atoms with Gasteiger partial charge >= 0.3 is 0 Å². The lowest BCUT2D eigenvalue weighted by molar-refractivity contribution is 0.188. The minimum atomic E-state index is 0.560. The Morgan fingerprint density at radius 1 is 1.50 bits per heavy atom. The summed E-state index contributed by atoms with van der Waals surface area (Å²) in [5, 5.41) is 4.20. The third-order valence-electron chi connectivity index (χ3n) is 2.03. The number of nitrogens with one attached hydrogen (secondary N) is 1. The van der Waals surface area contributed by atoms with E-state index in [9.17, 15) is 0 Å². The molecule has 12 heavy (non-hydrogen) atoms. The largest absolute Gasteiger partial charge is 0.309 e. The topological polar surface area (TPSA) is 15.3 Å². The lowest BCUT2D eigenvalue weighted by Crippen LogP contribution is -2.54. The van der Waals surface area contributed by atoms with Crippen LogP contribution in [0.5, 0.6) is 0 Å². The molecule has 2 unspecified atom stereocenters. The van der Waals surface area contributed by atoms with Crippen molar-refractivity contribution in [1.29, 1.82) is 0 Å². The van der Waals surface area contributed by atoms with Crippen molar-refractivity contribution in [3.63, 3.8) is 0 Å². The van der Waals surface area contributed by atoms with Gasteiger partial charge in [-0.3, -0.25) is 4.90 Å². The first-order valence-electron chi connectivity index (χ1n) is 4.39. The maximum Gasteiger partial charge on any atom is 0.0336 e. The lowest BCUT2D eigenvalue weighted by Gasteiger charge is -2.35. The Bertz CT molecular complexity index is 160. The molecule has 2 atom stereocenters. The first kappa shape index (κ1) is 10.0. The average Bonchev–Trinajstić information content (AvgIpc) is 1.81. The van der Waals surface area contributed by atoms with Crippen molar-refractivity contribution in [3.8, 4) is 0 Å². The maximum atomic E-state index is 5.75. The molecule has 1 heterocycles. The molecule has 2 nitrogen and oxygen atoms in total. The van der Waals surface area contributed by atoms with Crippen LogP contribution in [0.3, 0.4) is 0 Å². The minimum absolute atomic E-state index is 0.560. The Hall–Kier alpha value is -0.0500. The first-order valence-corrected chi connectivity index (χ1v) is 4.77. The van der Waals surface area contributed by atoms with Crippen LogP contribution in [0.25, 0.3) is 0 Å². The van der Waals surface area contributed by atoms with Crippen LogP contribution >= 0.6 is 11.6 Å². The zero-order valence-corrected chi connectivity index (χ0v) is 8.56. The third-order valence-corrected chi connectivity index (χ3v) is 2.15. The summed E-state index contributed by atoms with van der Waals surface area (Å²) >= 11 is 5.75. The maximum absolute atomic E-state index is 5.75. The Morgan fingerprint density at radius 3 is 2.42 bits per heavy atom. The van der Waals surface area contributed by atoms with E-state index in [-0.39, 0.29) is 0 Å². The normalized spacial score (nSPS) is 31.9. The monoisotopic (exact) mass is 188 g/mol. The summed E-state index contributed by atoms with van der Waals surface area (Å²) in [7, 11) is 0. The quantitative estimate of drug-likeness (QED) is 0.706. The predicted octanol–water partition coefficient (Wildman–Crippen LogP) is 1.42. The van der Waals surface area contributed by atoms with Gasteiger partial charge in [0.2, 0.25) is 0 Å². The van der Waals surface area contributed by atoms with Crippen molar-refractivity contribution in [3.05, 3.63) is 11.6 Å². The number of piperazine rings is 1. The highest BCUT2D eigenvalue weighted by molar-refractivity contribution is 6.29. The van der Waals surface area contributed by atoms with Gasteiger partial charge in [-0.1, -0.05) is 18.2 Å². The molecule has 0 aliphatic carbocycles. The van der Waals surface area contributed by atoms with E-state index in [1.54, 1.807) is 0 Å². The van der Waals surface area contributed by atoms with E-state index in [1.807, 2.05) is 0 Å². The zero-order chi connectivity index (χ0) is 9.14. The molecular weight excluding hydrogens is 172 g/mol. The van der Waals surface area contributed by atoms with Gasteiger partial charge in [0.25, 0.3) is 0 Å². The molecule has 1 fully saturated rings. The van der Waals surface area contributed by atoms with Gasteiger partial charge in [-0.15, -0.1) is 0 Å². The van der Waals surface area contributed by atoms with Gasteiger partial charge in [0.15, 0.2) is 0 Å². The minimum Gasteiger partial charge on any atom is -0.309 e. The second-order valence-electron chi connectivity index (χ2n) is 3.68. The van der Waals surface area contributed by atoms with Crippen LogP contribution < -0.4 is 5.32 Å². The number of hydrogen-bond acceptors (Lipinski definition) is 2. The third kappa shape index (κ3) is 3.13. The van der Waals surface area contributed by atoms with Gasteiger partial charge in [0.05, 0.1) is 0 Å². The molecule has 0 saturated carbocycles. The molecule has 0 radical (unpaired) electrons. The molecule has 0 aromatic rings. The van der Waals surface area contributed by atoms with E-state index in [4.69, 9.17) is 11.6 Å². The fraction of sp³-hybridized carbons (Fsp3) is 0.778. The summed E-state index contributed by atoms with van der Waals surface area (Å²) < 4.78 is 0. The number of hydrogen-bond donors (Lipinski definition) is 1. The fourth-order valence-electron chi connectivity index (χ4n) is 1.81. The van der Waals surface area contributed by atoms with Gasteiger partial charge in [0.1, 0.15) is 0 Å².